The Morgan fingerprint density at radius 3 is 3.00 bits per heavy atom. The van der Waals surface area contributed by atoms with Crippen LogP contribution in [0.1, 0.15) is 24.2 Å². The van der Waals surface area contributed by atoms with Crippen molar-refractivity contribution < 1.29 is 9.90 Å². The van der Waals surface area contributed by atoms with Crippen LogP contribution in [0.2, 0.25) is 0 Å². The molecule has 3 rings (SSSR count). The van der Waals surface area contributed by atoms with Crippen LogP contribution in [0.25, 0.3) is 5.65 Å². The van der Waals surface area contributed by atoms with Gasteiger partial charge in [0.2, 0.25) is 0 Å². The number of nitrogens with one attached hydrogen (secondary N) is 1. The van der Waals surface area contributed by atoms with E-state index in [1.807, 2.05) is 12.1 Å². The maximum Gasteiger partial charge on any atom is 0.309 e. The molecule has 18 heavy (non-hydrogen) atoms. The van der Waals surface area contributed by atoms with Crippen molar-refractivity contribution in [3.8, 4) is 0 Å². The molecule has 2 heterocycles. The van der Waals surface area contributed by atoms with Crippen LogP contribution in [0.4, 0.5) is 5.82 Å². The highest BCUT2D eigenvalue weighted by Gasteiger charge is 2.22. The molecule has 0 bridgehead atoms. The van der Waals surface area contributed by atoms with E-state index in [1.54, 1.807) is 11.4 Å². The molecule has 6 heteroatoms. The first-order valence-corrected chi connectivity index (χ1v) is 5.97. The lowest BCUT2D eigenvalue weighted by Crippen LogP contribution is -2.09. The summed E-state index contributed by atoms with van der Waals surface area (Å²) in [4.78, 5) is 15.2. The number of carbonyl (C=O) groups is 1. The van der Waals surface area contributed by atoms with Gasteiger partial charge in [0.05, 0.1) is 17.8 Å². The van der Waals surface area contributed by atoms with Crippen molar-refractivity contribution >= 4 is 17.4 Å². The van der Waals surface area contributed by atoms with Crippen molar-refractivity contribution in [2.24, 2.45) is 0 Å². The van der Waals surface area contributed by atoms with Gasteiger partial charge in [0, 0.05) is 6.04 Å². The zero-order valence-corrected chi connectivity index (χ0v) is 10.1. The largest absolute Gasteiger partial charge is 0.481 e. The van der Waals surface area contributed by atoms with Crippen LogP contribution in [0.15, 0.2) is 12.1 Å². The highest BCUT2D eigenvalue weighted by atomic mass is 16.4. The van der Waals surface area contributed by atoms with Gasteiger partial charge in [0.1, 0.15) is 5.82 Å². The second-order valence-corrected chi connectivity index (χ2v) is 4.62. The molecule has 0 spiro atoms. The van der Waals surface area contributed by atoms with E-state index in [1.165, 1.54) is 12.8 Å². The van der Waals surface area contributed by atoms with Crippen LogP contribution >= 0.6 is 0 Å². The molecule has 0 aliphatic heterocycles. The summed E-state index contributed by atoms with van der Waals surface area (Å²) in [5, 5.41) is 16.6. The minimum Gasteiger partial charge on any atom is -0.481 e. The zero-order valence-electron chi connectivity index (χ0n) is 10.1. The number of carboxylic acid groups (broad SMARTS) is 1. The number of nitrogens with zero attached hydrogens (tertiary/aromatic N) is 3. The lowest BCUT2D eigenvalue weighted by molar-refractivity contribution is -0.136. The van der Waals surface area contributed by atoms with Gasteiger partial charge in [0.25, 0.3) is 0 Å². The van der Waals surface area contributed by atoms with E-state index in [4.69, 9.17) is 5.11 Å². The summed E-state index contributed by atoms with van der Waals surface area (Å²) in [7, 11) is 0. The number of fused-ring (bicyclic) bond motifs is 1. The third-order valence-electron chi connectivity index (χ3n) is 3.02. The monoisotopic (exact) mass is 246 g/mol. The van der Waals surface area contributed by atoms with Gasteiger partial charge >= 0.3 is 5.97 Å². The van der Waals surface area contributed by atoms with E-state index >= 15 is 0 Å². The van der Waals surface area contributed by atoms with Crippen LogP contribution < -0.4 is 5.32 Å². The van der Waals surface area contributed by atoms with Crippen molar-refractivity contribution in [1.29, 1.82) is 0 Å². The molecule has 1 aliphatic carbocycles. The maximum atomic E-state index is 10.9. The first kappa shape index (κ1) is 11.0. The van der Waals surface area contributed by atoms with Gasteiger partial charge in [-0.15, -0.1) is 5.10 Å². The quantitative estimate of drug-likeness (QED) is 0.848. The van der Waals surface area contributed by atoms with Crippen LogP contribution in [-0.4, -0.2) is 31.7 Å². The standard InChI is InChI=1S/C12H14N4O2/c1-7-9(6-12(17)18)16-11(13-7)5-4-10(15-16)14-8-2-3-8/h4-5,8H,2-3,6H2,1H3,(H,14,15)(H,17,18). The number of hydrogen-bond acceptors (Lipinski definition) is 4. The number of imidazole rings is 1. The van der Waals surface area contributed by atoms with Crippen molar-refractivity contribution in [1.82, 2.24) is 14.6 Å². The number of rotatable bonds is 4. The normalized spacial score (nSPS) is 14.9. The summed E-state index contributed by atoms with van der Waals surface area (Å²) in [5.74, 6) is -0.101. The Balaban J connectivity index is 2.02. The molecule has 2 aromatic heterocycles. The molecule has 1 fully saturated rings. The third kappa shape index (κ3) is 2.01. The van der Waals surface area contributed by atoms with Crippen LogP contribution in [-0.2, 0) is 11.2 Å². The first-order chi connectivity index (χ1) is 8.63. The molecule has 0 atom stereocenters. The fraction of sp³-hybridized carbons (Fsp3) is 0.417. The summed E-state index contributed by atoms with van der Waals surface area (Å²) >= 11 is 0. The summed E-state index contributed by atoms with van der Waals surface area (Å²) in [5.41, 5.74) is 2.04. The summed E-state index contributed by atoms with van der Waals surface area (Å²) in [6, 6.07) is 4.25. The SMILES string of the molecule is Cc1nc2ccc(NC3CC3)nn2c1CC(=O)O. The lowest BCUT2D eigenvalue weighted by atomic mass is 10.3. The molecule has 0 amide bonds. The van der Waals surface area contributed by atoms with E-state index in [-0.39, 0.29) is 6.42 Å². The van der Waals surface area contributed by atoms with Gasteiger partial charge in [-0.2, -0.15) is 0 Å². The van der Waals surface area contributed by atoms with Crippen LogP contribution in [0.5, 0.6) is 0 Å². The number of aliphatic carboxylic acids is 1. The Hall–Kier alpha value is -2.11. The van der Waals surface area contributed by atoms with Gasteiger partial charge < -0.3 is 10.4 Å². The molecule has 94 valence electrons. The van der Waals surface area contributed by atoms with E-state index in [2.05, 4.69) is 15.4 Å². The van der Waals surface area contributed by atoms with Crippen molar-refractivity contribution in [3.05, 3.63) is 23.5 Å². The number of hydrogen-bond donors (Lipinski definition) is 2. The Morgan fingerprint density at radius 2 is 2.33 bits per heavy atom. The van der Waals surface area contributed by atoms with E-state index in [0.29, 0.717) is 23.1 Å². The molecule has 0 saturated heterocycles. The fourth-order valence-corrected chi connectivity index (χ4v) is 1.95. The van der Waals surface area contributed by atoms with Crippen LogP contribution in [0.3, 0.4) is 0 Å². The number of anilines is 1. The average molecular weight is 246 g/mol. The number of aryl methyl sites for hydroxylation is 1. The maximum absolute atomic E-state index is 10.9. The molecule has 1 saturated carbocycles. The summed E-state index contributed by atoms with van der Waals surface area (Å²) < 4.78 is 1.62. The minimum absolute atomic E-state index is 0.0626. The van der Waals surface area contributed by atoms with E-state index < -0.39 is 5.97 Å². The van der Waals surface area contributed by atoms with E-state index in [0.717, 1.165) is 5.82 Å². The predicted octanol–water partition coefficient (Wildman–Crippen LogP) is 1.24. The predicted molar refractivity (Wildman–Crippen MR) is 65.7 cm³/mol. The van der Waals surface area contributed by atoms with Crippen LogP contribution in [0, 0.1) is 6.92 Å². The Labute approximate surface area is 104 Å². The van der Waals surface area contributed by atoms with Gasteiger partial charge in [-0.1, -0.05) is 0 Å². The number of carboxylic acids is 1. The van der Waals surface area contributed by atoms with Crippen molar-refractivity contribution in [2.75, 3.05) is 5.32 Å². The minimum atomic E-state index is -0.873. The molecule has 2 N–H and O–H groups in total. The summed E-state index contributed by atoms with van der Waals surface area (Å²) in [6.07, 6.45) is 2.28. The third-order valence-corrected chi connectivity index (χ3v) is 3.02. The number of aromatic nitrogens is 3. The van der Waals surface area contributed by atoms with Crippen molar-refractivity contribution in [2.45, 2.75) is 32.2 Å². The Morgan fingerprint density at radius 1 is 1.56 bits per heavy atom. The molecule has 1 aliphatic rings. The molecular formula is C12H14N4O2. The van der Waals surface area contributed by atoms with Gasteiger partial charge in [-0.25, -0.2) is 9.50 Å². The molecular weight excluding hydrogens is 232 g/mol. The second-order valence-electron chi connectivity index (χ2n) is 4.62. The average Bonchev–Trinajstić information content (AvgIpc) is 3.06. The highest BCUT2D eigenvalue weighted by molar-refractivity contribution is 5.70. The second kappa shape index (κ2) is 3.97. The van der Waals surface area contributed by atoms with Gasteiger partial charge in [0.15, 0.2) is 5.65 Å². The zero-order chi connectivity index (χ0) is 12.7. The topological polar surface area (TPSA) is 79.5 Å². The molecule has 6 nitrogen and oxygen atoms in total. The smallest absolute Gasteiger partial charge is 0.309 e. The van der Waals surface area contributed by atoms with E-state index in [9.17, 15) is 4.79 Å². The highest BCUT2D eigenvalue weighted by Crippen LogP contribution is 2.24. The molecule has 0 unspecified atom stereocenters. The summed E-state index contributed by atoms with van der Waals surface area (Å²) in [6.45, 7) is 1.81. The van der Waals surface area contributed by atoms with Gasteiger partial charge in [-0.05, 0) is 31.9 Å². The van der Waals surface area contributed by atoms with Crippen molar-refractivity contribution in [3.63, 3.8) is 0 Å². The molecule has 2 aromatic rings. The Bertz CT molecular complexity index is 616. The fourth-order valence-electron chi connectivity index (χ4n) is 1.95. The Kier molecular flexibility index (Phi) is 2.43. The van der Waals surface area contributed by atoms with Gasteiger partial charge in [-0.3, -0.25) is 4.79 Å². The first-order valence-electron chi connectivity index (χ1n) is 5.97. The molecule has 0 aromatic carbocycles. The molecule has 0 radical (unpaired) electrons. The lowest BCUT2D eigenvalue weighted by Gasteiger charge is -2.04.